The predicted molar refractivity (Wildman–Crippen MR) is 88.8 cm³/mol. The first-order chi connectivity index (χ1) is 10.8. The van der Waals surface area contributed by atoms with Crippen LogP contribution < -0.4 is 0 Å². The summed E-state index contributed by atoms with van der Waals surface area (Å²) in [7, 11) is 3.89. The highest BCUT2D eigenvalue weighted by atomic mass is 16.5. The van der Waals surface area contributed by atoms with Crippen molar-refractivity contribution in [1.82, 2.24) is 0 Å². The van der Waals surface area contributed by atoms with Crippen molar-refractivity contribution < 1.29 is 33.7 Å². The molecule has 0 spiro atoms. The van der Waals surface area contributed by atoms with Crippen molar-refractivity contribution >= 4 is 17.9 Å². The molecule has 0 saturated heterocycles. The fourth-order valence-corrected chi connectivity index (χ4v) is 0.926. The summed E-state index contributed by atoms with van der Waals surface area (Å²) in [5.41, 5.74) is 0. The van der Waals surface area contributed by atoms with E-state index < -0.39 is 12.1 Å². The maximum absolute atomic E-state index is 10.8. The predicted octanol–water partition coefficient (Wildman–Crippen LogP) is 2.34. The van der Waals surface area contributed by atoms with Crippen LogP contribution in [0.25, 0.3) is 0 Å². The number of ether oxygens (including phenoxy) is 3. The Morgan fingerprint density at radius 2 is 1.22 bits per heavy atom. The van der Waals surface area contributed by atoms with Crippen molar-refractivity contribution in [3.05, 3.63) is 0 Å². The van der Waals surface area contributed by atoms with E-state index in [1.54, 1.807) is 6.92 Å². The Morgan fingerprint density at radius 1 is 0.826 bits per heavy atom. The van der Waals surface area contributed by atoms with E-state index in [2.05, 4.69) is 14.2 Å². The summed E-state index contributed by atoms with van der Waals surface area (Å²) in [4.78, 5) is 31.5. The second kappa shape index (κ2) is 22.6. The number of methoxy groups -OCH3 is 3. The van der Waals surface area contributed by atoms with Gasteiger partial charge in [-0.15, -0.1) is 0 Å². The molecule has 0 aromatic carbocycles. The summed E-state index contributed by atoms with van der Waals surface area (Å²) in [6.07, 6.45) is -0.267. The number of aliphatic hydroxyl groups excluding tert-OH is 1. The van der Waals surface area contributed by atoms with E-state index in [0.29, 0.717) is 6.42 Å². The summed E-state index contributed by atoms with van der Waals surface area (Å²) in [6, 6.07) is 0. The van der Waals surface area contributed by atoms with E-state index in [4.69, 9.17) is 5.11 Å². The van der Waals surface area contributed by atoms with Gasteiger partial charge in [0.1, 0.15) is 6.10 Å². The van der Waals surface area contributed by atoms with Gasteiger partial charge in [-0.2, -0.15) is 0 Å². The van der Waals surface area contributed by atoms with Crippen LogP contribution in [0.2, 0.25) is 0 Å². The van der Waals surface area contributed by atoms with Crippen molar-refractivity contribution in [2.24, 2.45) is 5.92 Å². The van der Waals surface area contributed by atoms with Crippen molar-refractivity contribution in [2.45, 2.75) is 60.5 Å². The molecule has 140 valence electrons. The fraction of sp³-hybridized carbons (Fsp3) is 0.812. The molecule has 0 amide bonds. The van der Waals surface area contributed by atoms with Crippen molar-refractivity contribution in [2.75, 3.05) is 21.3 Å². The highest BCUT2D eigenvalue weighted by Gasteiger charge is 2.14. The molecular formula is C16H34O7. The third-order valence-electron chi connectivity index (χ3n) is 2.15. The van der Waals surface area contributed by atoms with Gasteiger partial charge in [-0.25, -0.2) is 4.79 Å². The van der Waals surface area contributed by atoms with Crippen molar-refractivity contribution in [3.63, 3.8) is 0 Å². The van der Waals surface area contributed by atoms with Gasteiger partial charge in [-0.05, 0) is 13.3 Å². The molecular weight excluding hydrogens is 304 g/mol. The third kappa shape index (κ3) is 22.8. The monoisotopic (exact) mass is 338 g/mol. The quantitative estimate of drug-likeness (QED) is 0.606. The van der Waals surface area contributed by atoms with Crippen LogP contribution in [-0.4, -0.2) is 50.4 Å². The van der Waals surface area contributed by atoms with Crippen LogP contribution in [-0.2, 0) is 28.6 Å². The van der Waals surface area contributed by atoms with E-state index >= 15 is 0 Å². The van der Waals surface area contributed by atoms with Gasteiger partial charge < -0.3 is 19.3 Å². The lowest BCUT2D eigenvalue weighted by Crippen LogP contribution is -2.16. The number of carbonyl (C=O) groups excluding carboxylic acids is 3. The van der Waals surface area contributed by atoms with E-state index in [0.717, 1.165) is 0 Å². The molecule has 0 aliphatic rings. The van der Waals surface area contributed by atoms with Gasteiger partial charge in [-0.1, -0.05) is 34.6 Å². The van der Waals surface area contributed by atoms with Gasteiger partial charge in [0.25, 0.3) is 0 Å². The molecule has 0 aromatic heterocycles. The largest absolute Gasteiger partial charge is 0.469 e. The summed E-state index contributed by atoms with van der Waals surface area (Å²) < 4.78 is 13.0. The molecule has 0 rings (SSSR count). The zero-order chi connectivity index (χ0) is 19.4. The van der Waals surface area contributed by atoms with Crippen LogP contribution in [0.4, 0.5) is 0 Å². The van der Waals surface area contributed by atoms with E-state index in [1.807, 2.05) is 27.7 Å². The van der Waals surface area contributed by atoms with Crippen LogP contribution in [0.5, 0.6) is 0 Å². The average molecular weight is 338 g/mol. The molecule has 0 bridgehead atoms. The lowest BCUT2D eigenvalue weighted by atomic mass is 10.1. The minimum Gasteiger partial charge on any atom is -0.469 e. The van der Waals surface area contributed by atoms with Crippen LogP contribution in [0, 0.1) is 5.92 Å². The summed E-state index contributed by atoms with van der Waals surface area (Å²) >= 11 is 0. The third-order valence-corrected chi connectivity index (χ3v) is 2.15. The van der Waals surface area contributed by atoms with E-state index in [-0.39, 0.29) is 24.3 Å². The van der Waals surface area contributed by atoms with Crippen LogP contribution in [0.1, 0.15) is 54.4 Å². The zero-order valence-electron chi connectivity index (χ0n) is 16.0. The number of hydrogen-bond acceptors (Lipinski definition) is 7. The Hall–Kier alpha value is -1.63. The summed E-state index contributed by atoms with van der Waals surface area (Å²) in [6.45, 7) is 11.1. The molecule has 2 atom stereocenters. The minimum absolute atomic E-state index is 0.242. The SMILES string of the molecule is CC.CC.COC(=O)C(C)O.COC(=O)CCC(C)C(=O)OC. The zero-order valence-corrected chi connectivity index (χ0v) is 16.0. The fourth-order valence-electron chi connectivity index (χ4n) is 0.926. The lowest BCUT2D eigenvalue weighted by Gasteiger charge is -2.06. The second-order valence-electron chi connectivity index (χ2n) is 3.74. The Labute approximate surface area is 140 Å². The smallest absolute Gasteiger partial charge is 0.334 e. The highest BCUT2D eigenvalue weighted by molar-refractivity contribution is 5.74. The molecule has 0 aliphatic heterocycles. The standard InChI is InChI=1S/C8H14O4.C4H8O3.2C2H6/c1-6(8(10)12-3)4-5-7(9)11-2;1-3(5)4(6)7-2;2*1-2/h6H,4-5H2,1-3H3;3,5H,1-2H3;2*1-2H3. The Morgan fingerprint density at radius 3 is 1.43 bits per heavy atom. The van der Waals surface area contributed by atoms with E-state index in [1.165, 1.54) is 28.3 Å². The first-order valence-electron chi connectivity index (χ1n) is 7.70. The number of carbonyl (C=O) groups is 3. The maximum Gasteiger partial charge on any atom is 0.334 e. The summed E-state index contributed by atoms with van der Waals surface area (Å²) in [5.74, 6) is -1.43. The molecule has 1 N–H and O–H groups in total. The topological polar surface area (TPSA) is 99.1 Å². The van der Waals surface area contributed by atoms with Crippen molar-refractivity contribution in [3.8, 4) is 0 Å². The van der Waals surface area contributed by atoms with Crippen LogP contribution in [0.3, 0.4) is 0 Å². The minimum atomic E-state index is -0.995. The molecule has 7 heteroatoms. The van der Waals surface area contributed by atoms with Gasteiger partial charge in [0.15, 0.2) is 0 Å². The number of rotatable bonds is 5. The molecule has 0 saturated carbocycles. The van der Waals surface area contributed by atoms with Gasteiger partial charge >= 0.3 is 17.9 Å². The first-order valence-corrected chi connectivity index (χ1v) is 7.70. The van der Waals surface area contributed by atoms with Crippen molar-refractivity contribution in [1.29, 1.82) is 0 Å². The molecule has 0 aromatic rings. The number of aliphatic hydroxyl groups is 1. The first kappa shape index (κ1) is 29.4. The van der Waals surface area contributed by atoms with Gasteiger partial charge in [0, 0.05) is 6.42 Å². The maximum atomic E-state index is 10.8. The molecule has 2 unspecified atom stereocenters. The average Bonchev–Trinajstić information content (AvgIpc) is 2.61. The Kier molecular flexibility index (Phi) is 28.9. The molecule has 0 heterocycles. The van der Waals surface area contributed by atoms with Gasteiger partial charge in [0.2, 0.25) is 0 Å². The Bertz CT molecular complexity index is 288. The van der Waals surface area contributed by atoms with Gasteiger partial charge in [-0.3, -0.25) is 9.59 Å². The molecule has 7 nitrogen and oxygen atoms in total. The lowest BCUT2D eigenvalue weighted by molar-refractivity contribution is -0.149. The molecule has 0 fully saturated rings. The van der Waals surface area contributed by atoms with Gasteiger partial charge in [0.05, 0.1) is 27.2 Å². The molecule has 23 heavy (non-hydrogen) atoms. The Balaban J connectivity index is -0.000000140. The van der Waals surface area contributed by atoms with Crippen LogP contribution in [0.15, 0.2) is 0 Å². The summed E-state index contributed by atoms with van der Waals surface area (Å²) in [5, 5.41) is 8.35. The second-order valence-corrected chi connectivity index (χ2v) is 3.74. The van der Waals surface area contributed by atoms with Crippen LogP contribution >= 0.6 is 0 Å². The highest BCUT2D eigenvalue weighted by Crippen LogP contribution is 2.07. The number of hydrogen-bond donors (Lipinski definition) is 1. The molecule has 0 radical (unpaired) electrons. The molecule has 0 aliphatic carbocycles. The van der Waals surface area contributed by atoms with E-state index in [9.17, 15) is 14.4 Å². The normalized spacial score (nSPS) is 10.7. The number of esters is 3.